The monoisotopic (exact) mass is 616 g/mol. The van der Waals surface area contributed by atoms with Crippen LogP contribution < -0.4 is 30.7 Å². The predicted molar refractivity (Wildman–Crippen MR) is 160 cm³/mol. The van der Waals surface area contributed by atoms with Gasteiger partial charge in [-0.05, 0) is 12.1 Å². The van der Waals surface area contributed by atoms with Crippen LogP contribution in [0, 0.1) is 0 Å². The number of nitrogens with one attached hydrogen (secondary N) is 4. The zero-order valence-corrected chi connectivity index (χ0v) is 24.7. The van der Waals surface area contributed by atoms with Gasteiger partial charge in [-0.15, -0.1) is 0 Å². The predicted octanol–water partition coefficient (Wildman–Crippen LogP) is 2.93. The van der Waals surface area contributed by atoms with Crippen molar-refractivity contribution in [2.24, 2.45) is 0 Å². The van der Waals surface area contributed by atoms with Crippen LogP contribution in [0.25, 0.3) is 22.2 Å². The molecule has 2 aliphatic heterocycles. The van der Waals surface area contributed by atoms with Crippen LogP contribution in [0.15, 0.2) is 31.0 Å². The molecule has 4 heterocycles. The molecule has 42 heavy (non-hydrogen) atoms. The van der Waals surface area contributed by atoms with Gasteiger partial charge in [0.05, 0.1) is 61.3 Å². The van der Waals surface area contributed by atoms with Gasteiger partial charge in [-0.3, -0.25) is 4.79 Å². The minimum absolute atomic E-state index is 0.0301. The fourth-order valence-electron chi connectivity index (χ4n) is 4.79. The van der Waals surface area contributed by atoms with Crippen LogP contribution in [-0.2, 0) is 9.53 Å². The van der Waals surface area contributed by atoms with Gasteiger partial charge in [0.25, 0.3) is 0 Å². The van der Waals surface area contributed by atoms with Crippen molar-refractivity contribution in [1.29, 1.82) is 0 Å². The Labute approximate surface area is 251 Å². The highest BCUT2D eigenvalue weighted by atomic mass is 35.5. The fourth-order valence-corrected chi connectivity index (χ4v) is 5.48. The number of carbonyl (C=O) groups is 2. The Morgan fingerprint density at radius 2 is 1.76 bits per heavy atom. The van der Waals surface area contributed by atoms with E-state index in [9.17, 15) is 9.59 Å². The van der Waals surface area contributed by atoms with Crippen LogP contribution in [-0.4, -0.2) is 97.5 Å². The van der Waals surface area contributed by atoms with E-state index in [0.29, 0.717) is 71.7 Å². The molecule has 2 atom stereocenters. The SMILES string of the molecule is C=CC(=O)N[C@H]1CN(C(=O)NC)C[C@H]1Nc1ncc2cc(-c3c(Cl)c(OC)cc(OC)c3Cl)nc(NC3COC3)c2n1. The number of hydrogen-bond acceptors (Lipinski definition) is 10. The highest BCUT2D eigenvalue weighted by molar-refractivity contribution is 6.41. The summed E-state index contributed by atoms with van der Waals surface area (Å²) in [6.45, 7) is 5.17. The Hall–Kier alpha value is -4.07. The van der Waals surface area contributed by atoms with Crippen LogP contribution >= 0.6 is 23.2 Å². The number of fused-ring (bicyclic) bond motifs is 1. The van der Waals surface area contributed by atoms with E-state index in [4.69, 9.17) is 47.4 Å². The van der Waals surface area contributed by atoms with E-state index >= 15 is 0 Å². The average Bonchev–Trinajstić information content (AvgIpc) is 3.36. The number of rotatable bonds is 9. The molecule has 3 amide bonds. The maximum absolute atomic E-state index is 12.3. The second-order valence-corrected chi connectivity index (χ2v) is 10.4. The number of aromatic nitrogens is 3. The molecule has 222 valence electrons. The van der Waals surface area contributed by atoms with Gasteiger partial charge in [-0.2, -0.15) is 0 Å². The second kappa shape index (κ2) is 12.4. The topological polar surface area (TPSA) is 152 Å². The first-order valence-electron chi connectivity index (χ1n) is 13.0. The number of hydrogen-bond donors (Lipinski definition) is 4. The molecule has 0 spiro atoms. The van der Waals surface area contributed by atoms with Crippen molar-refractivity contribution in [3.8, 4) is 22.8 Å². The molecule has 4 N–H and O–H groups in total. The molecular weight excluding hydrogens is 587 g/mol. The van der Waals surface area contributed by atoms with Gasteiger partial charge in [-0.25, -0.2) is 19.7 Å². The van der Waals surface area contributed by atoms with Crippen molar-refractivity contribution in [2.45, 2.75) is 18.1 Å². The summed E-state index contributed by atoms with van der Waals surface area (Å²) in [5, 5.41) is 13.4. The number of carbonyl (C=O) groups excluding carboxylic acids is 2. The maximum atomic E-state index is 12.3. The quantitative estimate of drug-likeness (QED) is 0.264. The summed E-state index contributed by atoms with van der Waals surface area (Å²) in [7, 11) is 4.56. The molecule has 3 aromatic rings. The van der Waals surface area contributed by atoms with Crippen molar-refractivity contribution in [2.75, 3.05) is 58.2 Å². The summed E-state index contributed by atoms with van der Waals surface area (Å²) in [5.41, 5.74) is 1.44. The lowest BCUT2D eigenvalue weighted by Crippen LogP contribution is -2.45. The van der Waals surface area contributed by atoms with Crippen molar-refractivity contribution in [3.05, 3.63) is 41.0 Å². The number of anilines is 2. The summed E-state index contributed by atoms with van der Waals surface area (Å²) in [5.74, 6) is 1.19. The molecule has 1 aromatic carbocycles. The molecule has 0 unspecified atom stereocenters. The van der Waals surface area contributed by atoms with Gasteiger partial charge in [0.1, 0.15) is 17.0 Å². The van der Waals surface area contributed by atoms with Gasteiger partial charge in [0.2, 0.25) is 11.9 Å². The molecule has 0 saturated carbocycles. The molecule has 0 radical (unpaired) electrons. The Balaban J connectivity index is 1.54. The van der Waals surface area contributed by atoms with Gasteiger partial charge in [0, 0.05) is 43.4 Å². The molecular formula is C27H30Cl2N8O5. The van der Waals surface area contributed by atoms with Crippen LogP contribution in [0.2, 0.25) is 10.0 Å². The Bertz CT molecular complexity index is 1510. The van der Waals surface area contributed by atoms with E-state index in [0.717, 1.165) is 0 Å². The van der Waals surface area contributed by atoms with Crippen LogP contribution in [0.3, 0.4) is 0 Å². The smallest absolute Gasteiger partial charge is 0.317 e. The Morgan fingerprint density at radius 1 is 1.07 bits per heavy atom. The maximum Gasteiger partial charge on any atom is 0.317 e. The lowest BCUT2D eigenvalue weighted by molar-refractivity contribution is -0.117. The summed E-state index contributed by atoms with van der Waals surface area (Å²) >= 11 is 13.4. The van der Waals surface area contributed by atoms with Crippen molar-refractivity contribution in [3.63, 3.8) is 0 Å². The van der Waals surface area contributed by atoms with Gasteiger partial charge in [0.15, 0.2) is 5.82 Å². The first-order valence-corrected chi connectivity index (χ1v) is 13.8. The van der Waals surface area contributed by atoms with Gasteiger partial charge in [-0.1, -0.05) is 29.8 Å². The molecule has 5 rings (SSSR count). The number of nitrogens with zero attached hydrogens (tertiary/aromatic N) is 4. The number of pyridine rings is 1. The van der Waals surface area contributed by atoms with E-state index in [1.54, 1.807) is 30.3 Å². The first-order chi connectivity index (χ1) is 20.3. The van der Waals surface area contributed by atoms with Crippen LogP contribution in [0.4, 0.5) is 16.6 Å². The van der Waals surface area contributed by atoms with E-state index in [1.807, 2.05) is 0 Å². The van der Waals surface area contributed by atoms with Crippen molar-refractivity contribution < 1.29 is 23.8 Å². The molecule has 13 nitrogen and oxygen atoms in total. The lowest BCUT2D eigenvalue weighted by Gasteiger charge is -2.28. The number of benzene rings is 1. The molecule has 0 aliphatic carbocycles. The lowest BCUT2D eigenvalue weighted by atomic mass is 10.1. The van der Waals surface area contributed by atoms with Crippen molar-refractivity contribution >= 4 is 57.8 Å². The first kappa shape index (κ1) is 29.4. The Morgan fingerprint density at radius 3 is 2.36 bits per heavy atom. The summed E-state index contributed by atoms with van der Waals surface area (Å²) in [6.07, 6.45) is 2.84. The summed E-state index contributed by atoms with van der Waals surface area (Å²) in [4.78, 5) is 40.1. The third-order valence-electron chi connectivity index (χ3n) is 7.02. The van der Waals surface area contributed by atoms with Crippen LogP contribution in [0.5, 0.6) is 11.5 Å². The van der Waals surface area contributed by atoms with Crippen molar-refractivity contribution in [1.82, 2.24) is 30.5 Å². The minimum atomic E-state index is -0.398. The molecule has 2 saturated heterocycles. The number of ether oxygens (including phenoxy) is 3. The van der Waals surface area contributed by atoms with Gasteiger partial charge >= 0.3 is 6.03 Å². The zero-order valence-electron chi connectivity index (χ0n) is 23.2. The largest absolute Gasteiger partial charge is 0.495 e. The summed E-state index contributed by atoms with van der Waals surface area (Å²) < 4.78 is 16.2. The number of methoxy groups -OCH3 is 2. The molecule has 2 aromatic heterocycles. The second-order valence-electron chi connectivity index (χ2n) is 9.68. The highest BCUT2D eigenvalue weighted by Gasteiger charge is 2.36. The minimum Gasteiger partial charge on any atom is -0.495 e. The van der Waals surface area contributed by atoms with E-state index in [2.05, 4.69) is 32.8 Å². The molecule has 0 bridgehead atoms. The van der Waals surface area contributed by atoms with E-state index in [-0.39, 0.29) is 34.1 Å². The number of amides is 3. The third kappa shape index (κ3) is 5.80. The number of urea groups is 1. The Kier molecular flexibility index (Phi) is 8.71. The van der Waals surface area contributed by atoms with E-state index in [1.165, 1.54) is 20.3 Å². The molecule has 2 fully saturated rings. The van der Waals surface area contributed by atoms with E-state index < -0.39 is 6.04 Å². The zero-order chi connectivity index (χ0) is 30.0. The summed E-state index contributed by atoms with van der Waals surface area (Å²) in [6, 6.07) is 2.40. The highest BCUT2D eigenvalue weighted by Crippen LogP contribution is 2.46. The molecule has 15 heteroatoms. The normalized spacial score (nSPS) is 18.3. The number of likely N-dealkylation sites (tertiary alicyclic amines) is 1. The molecule has 2 aliphatic rings. The third-order valence-corrected chi connectivity index (χ3v) is 7.77. The fraction of sp³-hybridized carbons (Fsp3) is 0.370. The standard InChI is InChI=1S/C27H30Cl2N8O5/c1-5-20(38)33-16-9-37(27(39)30-2)10-17(16)35-26-31-8-13-6-15(34-25(24(13)36-26)32-14-11-42-12-14)21-22(28)18(40-3)7-19(41-4)23(21)29/h5-8,14,16-17H,1,9-12H2,2-4H3,(H,30,39)(H,32,34)(H,33,38)(H,31,35,36)/t16-,17+/m0/s1. The van der Waals surface area contributed by atoms with Gasteiger partial charge < -0.3 is 40.4 Å². The average molecular weight is 617 g/mol. The van der Waals surface area contributed by atoms with Crippen LogP contribution in [0.1, 0.15) is 0 Å². The number of halogens is 2.